The topological polar surface area (TPSA) is 76.4 Å². The van der Waals surface area contributed by atoms with Gasteiger partial charge in [0.1, 0.15) is 5.54 Å². The molecule has 128 valence electrons. The van der Waals surface area contributed by atoms with Crippen molar-refractivity contribution < 1.29 is 9.53 Å². The van der Waals surface area contributed by atoms with Gasteiger partial charge in [-0.1, -0.05) is 32.0 Å². The van der Waals surface area contributed by atoms with Crippen molar-refractivity contribution in [1.82, 2.24) is 5.32 Å². The maximum absolute atomic E-state index is 12.4. The van der Waals surface area contributed by atoms with Crippen LogP contribution < -0.4 is 16.4 Å². The summed E-state index contributed by atoms with van der Waals surface area (Å²) in [6.45, 7) is 8.06. The van der Waals surface area contributed by atoms with E-state index < -0.39 is 5.54 Å². The number of benzene rings is 1. The van der Waals surface area contributed by atoms with E-state index in [-0.39, 0.29) is 17.4 Å². The molecule has 0 spiro atoms. The fourth-order valence-electron chi connectivity index (χ4n) is 3.06. The van der Waals surface area contributed by atoms with E-state index in [0.29, 0.717) is 19.6 Å². The van der Waals surface area contributed by atoms with Crippen molar-refractivity contribution in [1.29, 1.82) is 0 Å². The number of ether oxygens (including phenoxy) is 1. The number of para-hydroxylation sites is 1. The van der Waals surface area contributed by atoms with Gasteiger partial charge < -0.3 is 21.1 Å². The number of hydrogen-bond donors (Lipinski definition) is 3. The first-order chi connectivity index (χ1) is 10.9. The van der Waals surface area contributed by atoms with Crippen LogP contribution in [0.5, 0.6) is 0 Å². The van der Waals surface area contributed by atoms with Gasteiger partial charge in [-0.25, -0.2) is 0 Å². The molecule has 5 nitrogen and oxygen atoms in total. The van der Waals surface area contributed by atoms with Gasteiger partial charge in [-0.05, 0) is 25.5 Å². The Labute approximate surface area is 139 Å². The first-order valence-corrected chi connectivity index (χ1v) is 8.39. The second-order valence-corrected chi connectivity index (χ2v) is 6.74. The summed E-state index contributed by atoms with van der Waals surface area (Å²) in [5.41, 5.74) is 6.26. The maximum atomic E-state index is 12.4. The summed E-state index contributed by atoms with van der Waals surface area (Å²) in [6.07, 6.45) is 1.50. The van der Waals surface area contributed by atoms with Crippen molar-refractivity contribution in [3.05, 3.63) is 30.3 Å². The van der Waals surface area contributed by atoms with E-state index in [1.165, 1.54) is 0 Å². The first-order valence-electron chi connectivity index (χ1n) is 8.39. The second-order valence-electron chi connectivity index (χ2n) is 6.74. The Balaban J connectivity index is 1.71. The molecule has 0 heterocycles. The molecule has 1 aliphatic rings. The van der Waals surface area contributed by atoms with Gasteiger partial charge in [0, 0.05) is 37.2 Å². The molecule has 1 amide bonds. The van der Waals surface area contributed by atoms with Gasteiger partial charge in [0.15, 0.2) is 0 Å². The molecule has 2 rings (SSSR count). The molecule has 0 radical (unpaired) electrons. The fourth-order valence-corrected chi connectivity index (χ4v) is 3.06. The van der Waals surface area contributed by atoms with E-state index in [0.717, 1.165) is 18.7 Å². The average molecular weight is 319 g/mol. The summed E-state index contributed by atoms with van der Waals surface area (Å²) in [6, 6.07) is 10.0. The van der Waals surface area contributed by atoms with Gasteiger partial charge in [-0.2, -0.15) is 0 Å². The lowest BCUT2D eigenvalue weighted by Crippen LogP contribution is -2.75. The zero-order valence-corrected chi connectivity index (χ0v) is 14.4. The molecule has 2 unspecified atom stereocenters. The predicted molar refractivity (Wildman–Crippen MR) is 93.3 cm³/mol. The highest BCUT2D eigenvalue weighted by molar-refractivity contribution is 5.88. The number of nitrogens with two attached hydrogens (primary N) is 1. The number of nitrogens with one attached hydrogen (secondary N) is 2. The lowest BCUT2D eigenvalue weighted by atomic mass is 9.54. The maximum Gasteiger partial charge on any atom is 0.240 e. The molecular formula is C18H29N3O2. The molecule has 4 N–H and O–H groups in total. The minimum Gasteiger partial charge on any atom is -0.385 e. The summed E-state index contributed by atoms with van der Waals surface area (Å²) in [5, 5.41) is 6.29. The molecule has 1 aromatic rings. The average Bonchev–Trinajstić information content (AvgIpc) is 2.55. The van der Waals surface area contributed by atoms with Crippen LogP contribution in [0, 0.1) is 5.41 Å². The Morgan fingerprint density at radius 3 is 2.61 bits per heavy atom. The second kappa shape index (κ2) is 7.32. The monoisotopic (exact) mass is 319 g/mol. The van der Waals surface area contributed by atoms with Crippen molar-refractivity contribution in [2.24, 2.45) is 11.1 Å². The molecule has 1 aliphatic carbocycles. The molecule has 1 saturated carbocycles. The fraction of sp³-hybridized carbons (Fsp3) is 0.611. The van der Waals surface area contributed by atoms with Gasteiger partial charge in [-0.15, -0.1) is 0 Å². The van der Waals surface area contributed by atoms with Gasteiger partial charge in [-0.3, -0.25) is 4.79 Å². The van der Waals surface area contributed by atoms with E-state index >= 15 is 0 Å². The van der Waals surface area contributed by atoms with Crippen molar-refractivity contribution >= 4 is 11.6 Å². The highest BCUT2D eigenvalue weighted by Crippen LogP contribution is 2.49. The summed E-state index contributed by atoms with van der Waals surface area (Å²) >= 11 is 0. The Morgan fingerprint density at radius 1 is 1.30 bits per heavy atom. The van der Waals surface area contributed by atoms with Crippen LogP contribution in [0.4, 0.5) is 5.69 Å². The molecular weight excluding hydrogens is 290 g/mol. The zero-order valence-electron chi connectivity index (χ0n) is 14.4. The van der Waals surface area contributed by atoms with E-state index in [2.05, 4.69) is 10.6 Å². The lowest BCUT2D eigenvalue weighted by Gasteiger charge is -2.57. The first kappa shape index (κ1) is 17.8. The number of carbonyl (C=O) groups excluding carboxylic acids is 1. The number of rotatable bonds is 8. The van der Waals surface area contributed by atoms with Crippen LogP contribution in [0.2, 0.25) is 0 Å². The molecule has 1 aromatic carbocycles. The quantitative estimate of drug-likeness (QED) is 0.642. The van der Waals surface area contributed by atoms with Gasteiger partial charge >= 0.3 is 0 Å². The Kier molecular flexibility index (Phi) is 5.65. The van der Waals surface area contributed by atoms with Gasteiger partial charge in [0.2, 0.25) is 5.91 Å². The third kappa shape index (κ3) is 3.67. The lowest BCUT2D eigenvalue weighted by molar-refractivity contribution is -0.170. The molecule has 0 aromatic heterocycles. The van der Waals surface area contributed by atoms with Crippen molar-refractivity contribution in [2.45, 2.75) is 45.3 Å². The highest BCUT2D eigenvalue weighted by Gasteiger charge is 2.62. The van der Waals surface area contributed by atoms with Crippen LogP contribution in [0.25, 0.3) is 0 Å². The number of carbonyl (C=O) groups is 1. The van der Waals surface area contributed by atoms with E-state index in [9.17, 15) is 4.79 Å². The van der Waals surface area contributed by atoms with E-state index in [1.54, 1.807) is 0 Å². The van der Waals surface area contributed by atoms with Crippen LogP contribution in [-0.4, -0.2) is 37.2 Å². The minimum atomic E-state index is -0.834. The van der Waals surface area contributed by atoms with Crippen LogP contribution in [0.1, 0.15) is 33.6 Å². The van der Waals surface area contributed by atoms with Gasteiger partial charge in [0.25, 0.3) is 0 Å². The normalized spacial score (nSPS) is 25.5. The van der Waals surface area contributed by atoms with Crippen LogP contribution in [0.15, 0.2) is 30.3 Å². The highest BCUT2D eigenvalue weighted by atomic mass is 16.5. The molecule has 0 saturated heterocycles. The Morgan fingerprint density at radius 2 is 2.00 bits per heavy atom. The third-order valence-electron chi connectivity index (χ3n) is 4.98. The summed E-state index contributed by atoms with van der Waals surface area (Å²) in [7, 11) is 0. The smallest absolute Gasteiger partial charge is 0.240 e. The SMILES string of the molecule is CCOC1CC(N)(C(=O)NCCCNc2ccccc2)C1(C)C. The standard InChI is InChI=1S/C18H29N3O2/c1-4-23-15-13-18(19,17(15,2)3)16(22)21-12-8-11-20-14-9-6-5-7-10-14/h5-7,9-10,15,20H,4,8,11-13,19H2,1-3H3,(H,21,22). The van der Waals surface area contributed by atoms with E-state index in [1.807, 2.05) is 51.1 Å². The summed E-state index contributed by atoms with van der Waals surface area (Å²) in [4.78, 5) is 12.4. The Hall–Kier alpha value is -1.59. The van der Waals surface area contributed by atoms with Crippen LogP contribution in [0.3, 0.4) is 0 Å². The minimum absolute atomic E-state index is 0.0583. The summed E-state index contributed by atoms with van der Waals surface area (Å²) < 4.78 is 5.66. The molecule has 1 fully saturated rings. The zero-order chi connectivity index (χ0) is 16.9. The van der Waals surface area contributed by atoms with E-state index in [4.69, 9.17) is 10.5 Å². The molecule has 5 heteroatoms. The number of amides is 1. The van der Waals surface area contributed by atoms with Gasteiger partial charge in [0.05, 0.1) is 6.10 Å². The molecule has 0 aliphatic heterocycles. The molecule has 0 bridgehead atoms. The Bertz CT molecular complexity index is 518. The van der Waals surface area contributed by atoms with Crippen LogP contribution in [-0.2, 0) is 9.53 Å². The predicted octanol–water partition coefficient (Wildman–Crippen LogP) is 2.14. The summed E-state index contributed by atoms with van der Waals surface area (Å²) in [5.74, 6) is -0.0711. The number of hydrogen-bond acceptors (Lipinski definition) is 4. The van der Waals surface area contributed by atoms with Crippen molar-refractivity contribution in [2.75, 3.05) is 25.0 Å². The van der Waals surface area contributed by atoms with Crippen LogP contribution >= 0.6 is 0 Å². The molecule has 23 heavy (non-hydrogen) atoms. The van der Waals surface area contributed by atoms with Crippen molar-refractivity contribution in [3.63, 3.8) is 0 Å². The van der Waals surface area contributed by atoms with Crippen molar-refractivity contribution in [3.8, 4) is 0 Å². The third-order valence-corrected chi connectivity index (χ3v) is 4.98. The molecule has 2 atom stereocenters. The largest absolute Gasteiger partial charge is 0.385 e. The number of anilines is 1.